The summed E-state index contributed by atoms with van der Waals surface area (Å²) >= 11 is 0. The fraction of sp³-hybridized carbons (Fsp3) is 0.643. The molecular weight excluding hydrogens is 184 g/mol. The third-order valence-electron chi connectivity index (χ3n) is 3.34. The number of hydrogen-bond acceptors (Lipinski definition) is 1. The number of carbonyl (C=O) groups is 1. The first kappa shape index (κ1) is 12.2. The summed E-state index contributed by atoms with van der Waals surface area (Å²) in [5, 5.41) is 0. The highest BCUT2D eigenvalue weighted by Gasteiger charge is 2.19. The van der Waals surface area contributed by atoms with Crippen molar-refractivity contribution in [1.82, 2.24) is 0 Å². The molecule has 2 atom stereocenters. The Kier molecular flexibility index (Phi) is 4.31. The molecular formula is C14H22O. The van der Waals surface area contributed by atoms with E-state index in [1.165, 1.54) is 12.0 Å². The van der Waals surface area contributed by atoms with Crippen molar-refractivity contribution in [2.75, 3.05) is 0 Å². The standard InChI is InChI=1S/C14H22O/c1-5-14(15)12(4)9-13-7-6-10(2)8-11(13)3/h6,9,11,13H,5,7-8H2,1-4H3/b12-9+/t11-,13-/m0/s1. The number of ketones is 1. The minimum absolute atomic E-state index is 0.286. The lowest BCUT2D eigenvalue weighted by molar-refractivity contribution is -0.115. The molecule has 0 aromatic heterocycles. The number of Topliss-reactive ketones (excluding diaryl/α,β-unsaturated/α-hetero) is 1. The van der Waals surface area contributed by atoms with Gasteiger partial charge in [-0.2, -0.15) is 0 Å². The maximum absolute atomic E-state index is 11.5. The Balaban J connectivity index is 2.70. The molecule has 1 nitrogen and oxygen atoms in total. The Morgan fingerprint density at radius 3 is 2.80 bits per heavy atom. The molecule has 1 rings (SSSR count). The minimum atomic E-state index is 0.286. The third kappa shape index (κ3) is 3.33. The quantitative estimate of drug-likeness (QED) is 0.505. The molecule has 0 aliphatic heterocycles. The number of rotatable bonds is 3. The summed E-state index contributed by atoms with van der Waals surface area (Å²) in [7, 11) is 0. The zero-order chi connectivity index (χ0) is 11.4. The largest absolute Gasteiger partial charge is 0.295 e. The maximum atomic E-state index is 11.5. The van der Waals surface area contributed by atoms with Crippen LogP contribution in [0.4, 0.5) is 0 Å². The predicted octanol–water partition coefficient (Wildman–Crippen LogP) is 3.90. The molecule has 0 aromatic rings. The lowest BCUT2D eigenvalue weighted by atomic mass is 9.80. The van der Waals surface area contributed by atoms with Crippen molar-refractivity contribution in [3.63, 3.8) is 0 Å². The van der Waals surface area contributed by atoms with Gasteiger partial charge in [0, 0.05) is 6.42 Å². The number of allylic oxidation sites excluding steroid dienone is 4. The van der Waals surface area contributed by atoms with Gasteiger partial charge in [-0.3, -0.25) is 4.79 Å². The summed E-state index contributed by atoms with van der Waals surface area (Å²) in [5.41, 5.74) is 2.44. The highest BCUT2D eigenvalue weighted by atomic mass is 16.1. The van der Waals surface area contributed by atoms with Crippen molar-refractivity contribution >= 4 is 5.78 Å². The minimum Gasteiger partial charge on any atom is -0.295 e. The van der Waals surface area contributed by atoms with Gasteiger partial charge < -0.3 is 0 Å². The van der Waals surface area contributed by atoms with Crippen LogP contribution in [0.5, 0.6) is 0 Å². The zero-order valence-corrected chi connectivity index (χ0v) is 10.3. The van der Waals surface area contributed by atoms with Crippen LogP contribution in [0.15, 0.2) is 23.3 Å². The van der Waals surface area contributed by atoms with E-state index in [1.807, 2.05) is 13.8 Å². The van der Waals surface area contributed by atoms with E-state index in [4.69, 9.17) is 0 Å². The van der Waals surface area contributed by atoms with Gasteiger partial charge in [-0.15, -0.1) is 0 Å². The van der Waals surface area contributed by atoms with E-state index < -0.39 is 0 Å². The van der Waals surface area contributed by atoms with Crippen molar-refractivity contribution < 1.29 is 4.79 Å². The van der Waals surface area contributed by atoms with Crippen LogP contribution in [-0.2, 0) is 4.79 Å². The average molecular weight is 206 g/mol. The molecule has 0 heterocycles. The molecule has 1 heteroatoms. The van der Waals surface area contributed by atoms with Crippen molar-refractivity contribution in [2.24, 2.45) is 11.8 Å². The molecule has 0 amide bonds. The van der Waals surface area contributed by atoms with Crippen molar-refractivity contribution in [3.05, 3.63) is 23.3 Å². The summed E-state index contributed by atoms with van der Waals surface area (Å²) < 4.78 is 0. The average Bonchev–Trinajstić information content (AvgIpc) is 2.20. The molecule has 0 saturated carbocycles. The summed E-state index contributed by atoms with van der Waals surface area (Å²) in [6.45, 7) is 8.35. The first-order valence-corrected chi connectivity index (χ1v) is 5.91. The maximum Gasteiger partial charge on any atom is 0.157 e. The van der Waals surface area contributed by atoms with Gasteiger partial charge in [-0.25, -0.2) is 0 Å². The molecule has 0 fully saturated rings. The second kappa shape index (κ2) is 5.29. The van der Waals surface area contributed by atoms with Crippen molar-refractivity contribution in [3.8, 4) is 0 Å². The Bertz CT molecular complexity index is 296. The molecule has 0 saturated heterocycles. The van der Waals surface area contributed by atoms with Gasteiger partial charge in [0.2, 0.25) is 0 Å². The third-order valence-corrected chi connectivity index (χ3v) is 3.34. The first-order valence-electron chi connectivity index (χ1n) is 5.91. The molecule has 1 aliphatic carbocycles. The Morgan fingerprint density at radius 2 is 2.27 bits per heavy atom. The summed E-state index contributed by atoms with van der Waals surface area (Å²) in [6.07, 6.45) is 7.39. The molecule has 1 aliphatic rings. The lowest BCUT2D eigenvalue weighted by Crippen LogP contribution is -2.14. The van der Waals surface area contributed by atoms with E-state index in [-0.39, 0.29) is 5.78 Å². The second-order valence-corrected chi connectivity index (χ2v) is 4.76. The molecule has 0 spiro atoms. The Labute approximate surface area is 93.3 Å². The van der Waals surface area contributed by atoms with Crippen molar-refractivity contribution in [2.45, 2.75) is 47.0 Å². The fourth-order valence-corrected chi connectivity index (χ4v) is 2.24. The van der Waals surface area contributed by atoms with Crippen LogP contribution in [0.25, 0.3) is 0 Å². The molecule has 0 N–H and O–H groups in total. The zero-order valence-electron chi connectivity index (χ0n) is 10.3. The topological polar surface area (TPSA) is 17.1 Å². The van der Waals surface area contributed by atoms with E-state index in [9.17, 15) is 4.79 Å². The van der Waals surface area contributed by atoms with Gasteiger partial charge in [0.15, 0.2) is 5.78 Å². The molecule has 0 unspecified atom stereocenters. The highest BCUT2D eigenvalue weighted by Crippen LogP contribution is 2.30. The smallest absolute Gasteiger partial charge is 0.157 e. The van der Waals surface area contributed by atoms with Crippen LogP contribution >= 0.6 is 0 Å². The van der Waals surface area contributed by atoms with Gasteiger partial charge in [0.1, 0.15) is 0 Å². The van der Waals surface area contributed by atoms with Gasteiger partial charge in [0.25, 0.3) is 0 Å². The molecule has 0 bridgehead atoms. The Morgan fingerprint density at radius 1 is 1.60 bits per heavy atom. The van der Waals surface area contributed by atoms with E-state index in [0.717, 1.165) is 12.0 Å². The predicted molar refractivity (Wildman–Crippen MR) is 64.7 cm³/mol. The summed E-state index contributed by atoms with van der Waals surface area (Å²) in [5.74, 6) is 1.52. The fourth-order valence-electron chi connectivity index (χ4n) is 2.24. The highest BCUT2D eigenvalue weighted by molar-refractivity contribution is 5.94. The normalized spacial score (nSPS) is 27.5. The van der Waals surface area contributed by atoms with Crippen molar-refractivity contribution in [1.29, 1.82) is 0 Å². The van der Waals surface area contributed by atoms with Gasteiger partial charge in [0.05, 0.1) is 0 Å². The summed E-state index contributed by atoms with van der Waals surface area (Å²) in [6, 6.07) is 0. The second-order valence-electron chi connectivity index (χ2n) is 4.76. The molecule has 84 valence electrons. The van der Waals surface area contributed by atoms with Gasteiger partial charge in [-0.05, 0) is 44.1 Å². The van der Waals surface area contributed by atoms with E-state index in [1.54, 1.807) is 0 Å². The molecule has 0 radical (unpaired) electrons. The van der Waals surface area contributed by atoms with Crippen LogP contribution in [0, 0.1) is 11.8 Å². The van der Waals surface area contributed by atoms with Crippen LogP contribution in [0.2, 0.25) is 0 Å². The number of carbonyl (C=O) groups excluding carboxylic acids is 1. The van der Waals surface area contributed by atoms with E-state index >= 15 is 0 Å². The van der Waals surface area contributed by atoms with Crippen LogP contribution in [0.3, 0.4) is 0 Å². The Hall–Kier alpha value is -0.850. The lowest BCUT2D eigenvalue weighted by Gasteiger charge is -2.25. The van der Waals surface area contributed by atoms with Crippen LogP contribution in [-0.4, -0.2) is 5.78 Å². The molecule has 0 aromatic carbocycles. The van der Waals surface area contributed by atoms with E-state index in [2.05, 4.69) is 26.0 Å². The monoisotopic (exact) mass is 206 g/mol. The van der Waals surface area contributed by atoms with Gasteiger partial charge >= 0.3 is 0 Å². The first-order chi connectivity index (χ1) is 7.04. The number of hydrogen-bond donors (Lipinski definition) is 0. The van der Waals surface area contributed by atoms with E-state index in [0.29, 0.717) is 18.3 Å². The van der Waals surface area contributed by atoms with Crippen LogP contribution in [0.1, 0.15) is 47.0 Å². The SMILES string of the molecule is CCC(=O)/C(C)=C/[C@@H]1CC=C(C)C[C@@H]1C. The van der Waals surface area contributed by atoms with Gasteiger partial charge in [-0.1, -0.05) is 31.6 Å². The summed E-state index contributed by atoms with van der Waals surface area (Å²) in [4.78, 5) is 11.5. The molecule has 15 heavy (non-hydrogen) atoms. The van der Waals surface area contributed by atoms with Crippen LogP contribution < -0.4 is 0 Å².